The smallest absolute Gasteiger partial charge is 0.172 e. The fraction of sp³-hybridized carbons (Fsp3) is 0.562. The molecule has 110 valence electrons. The van der Waals surface area contributed by atoms with Gasteiger partial charge in [-0.3, -0.25) is 9.69 Å². The molecule has 1 saturated heterocycles. The fourth-order valence-corrected chi connectivity index (χ4v) is 2.87. The van der Waals surface area contributed by atoms with Crippen molar-refractivity contribution in [3.8, 4) is 11.5 Å². The molecule has 4 heteroatoms. The van der Waals surface area contributed by atoms with Crippen molar-refractivity contribution >= 4 is 6.29 Å². The number of ether oxygens (including phenoxy) is 2. The van der Waals surface area contributed by atoms with Crippen LogP contribution in [0.5, 0.6) is 11.5 Å². The van der Waals surface area contributed by atoms with Crippen molar-refractivity contribution in [1.29, 1.82) is 0 Å². The SMILES string of the molecule is COc1cccc(C=O)c1OC(C)C1CCCCN1C. The number of hydrogen-bond acceptors (Lipinski definition) is 4. The second-order valence-corrected chi connectivity index (χ2v) is 5.36. The molecule has 0 spiro atoms. The molecule has 4 nitrogen and oxygen atoms in total. The number of carbonyl (C=O) groups is 1. The van der Waals surface area contributed by atoms with Crippen LogP contribution in [0.15, 0.2) is 18.2 Å². The molecule has 1 heterocycles. The quantitative estimate of drug-likeness (QED) is 0.776. The Kier molecular flexibility index (Phi) is 5.01. The molecule has 1 aromatic carbocycles. The Morgan fingerprint density at radius 2 is 2.20 bits per heavy atom. The summed E-state index contributed by atoms with van der Waals surface area (Å²) in [7, 11) is 3.72. The number of benzene rings is 1. The van der Waals surface area contributed by atoms with Gasteiger partial charge < -0.3 is 9.47 Å². The molecule has 0 bridgehead atoms. The lowest BCUT2D eigenvalue weighted by Crippen LogP contribution is -2.45. The van der Waals surface area contributed by atoms with Crippen LogP contribution in [-0.2, 0) is 0 Å². The molecule has 1 aromatic rings. The van der Waals surface area contributed by atoms with Gasteiger partial charge >= 0.3 is 0 Å². The van der Waals surface area contributed by atoms with E-state index in [0.29, 0.717) is 23.1 Å². The normalized spacial score (nSPS) is 21.2. The first kappa shape index (κ1) is 14.9. The Balaban J connectivity index is 2.18. The van der Waals surface area contributed by atoms with Gasteiger partial charge in [0, 0.05) is 6.04 Å². The highest BCUT2D eigenvalue weighted by atomic mass is 16.5. The van der Waals surface area contributed by atoms with Gasteiger partial charge in [0.1, 0.15) is 6.10 Å². The van der Waals surface area contributed by atoms with E-state index in [1.54, 1.807) is 19.2 Å². The highest BCUT2D eigenvalue weighted by Gasteiger charge is 2.27. The van der Waals surface area contributed by atoms with Gasteiger partial charge in [-0.2, -0.15) is 0 Å². The fourth-order valence-electron chi connectivity index (χ4n) is 2.87. The van der Waals surface area contributed by atoms with Crippen molar-refractivity contribution < 1.29 is 14.3 Å². The zero-order chi connectivity index (χ0) is 14.5. The monoisotopic (exact) mass is 277 g/mol. The van der Waals surface area contributed by atoms with E-state index in [1.165, 1.54) is 12.8 Å². The van der Waals surface area contributed by atoms with Crippen LogP contribution >= 0.6 is 0 Å². The van der Waals surface area contributed by atoms with Crippen molar-refractivity contribution in [3.63, 3.8) is 0 Å². The van der Waals surface area contributed by atoms with Crippen LogP contribution in [0.3, 0.4) is 0 Å². The summed E-state index contributed by atoms with van der Waals surface area (Å²) in [5, 5.41) is 0. The summed E-state index contributed by atoms with van der Waals surface area (Å²) in [5.74, 6) is 1.16. The van der Waals surface area contributed by atoms with Crippen LogP contribution in [0.1, 0.15) is 36.5 Å². The van der Waals surface area contributed by atoms with Gasteiger partial charge in [-0.1, -0.05) is 12.5 Å². The summed E-state index contributed by atoms with van der Waals surface area (Å²) in [5.41, 5.74) is 0.537. The van der Waals surface area contributed by atoms with Crippen LogP contribution in [0.2, 0.25) is 0 Å². The molecule has 2 unspecified atom stereocenters. The number of nitrogens with zero attached hydrogens (tertiary/aromatic N) is 1. The number of carbonyl (C=O) groups excluding carboxylic acids is 1. The number of methoxy groups -OCH3 is 1. The molecule has 2 atom stereocenters. The van der Waals surface area contributed by atoms with Gasteiger partial charge in [0.05, 0.1) is 12.7 Å². The van der Waals surface area contributed by atoms with E-state index in [0.717, 1.165) is 19.3 Å². The minimum absolute atomic E-state index is 0.0234. The van der Waals surface area contributed by atoms with Gasteiger partial charge in [-0.15, -0.1) is 0 Å². The maximum atomic E-state index is 11.2. The first-order valence-corrected chi connectivity index (χ1v) is 7.16. The van der Waals surface area contributed by atoms with Gasteiger partial charge in [0.25, 0.3) is 0 Å². The number of rotatable bonds is 5. The first-order valence-electron chi connectivity index (χ1n) is 7.16. The van der Waals surface area contributed by atoms with Gasteiger partial charge in [-0.05, 0) is 45.5 Å². The highest BCUT2D eigenvalue weighted by Crippen LogP contribution is 2.32. The summed E-state index contributed by atoms with van der Waals surface area (Å²) in [6, 6.07) is 5.75. The second-order valence-electron chi connectivity index (χ2n) is 5.36. The molecule has 1 aliphatic heterocycles. The summed E-state index contributed by atoms with van der Waals surface area (Å²) in [6.45, 7) is 3.17. The van der Waals surface area contributed by atoms with E-state index < -0.39 is 0 Å². The zero-order valence-corrected chi connectivity index (χ0v) is 12.5. The average Bonchev–Trinajstić information content (AvgIpc) is 2.47. The molecular weight excluding hydrogens is 254 g/mol. The number of piperidine rings is 1. The predicted molar refractivity (Wildman–Crippen MR) is 78.7 cm³/mol. The summed E-state index contributed by atoms with van der Waals surface area (Å²) < 4.78 is 11.4. The standard InChI is InChI=1S/C16H23NO3/c1-12(14-8-4-5-10-17(14)2)20-16-13(11-18)7-6-9-15(16)19-3/h6-7,9,11-12,14H,4-5,8,10H2,1-3H3. The van der Waals surface area contributed by atoms with Crippen molar-refractivity contribution in [2.45, 2.75) is 38.3 Å². The molecule has 0 aliphatic carbocycles. The molecule has 0 radical (unpaired) electrons. The first-order chi connectivity index (χ1) is 9.67. The molecule has 2 rings (SSSR count). The molecule has 1 fully saturated rings. The average molecular weight is 277 g/mol. The van der Waals surface area contributed by atoms with E-state index >= 15 is 0 Å². The van der Waals surface area contributed by atoms with E-state index in [4.69, 9.17) is 9.47 Å². The zero-order valence-electron chi connectivity index (χ0n) is 12.5. The molecular formula is C16H23NO3. The third kappa shape index (κ3) is 3.12. The number of para-hydroxylation sites is 1. The number of hydrogen-bond donors (Lipinski definition) is 0. The maximum Gasteiger partial charge on any atom is 0.172 e. The Morgan fingerprint density at radius 1 is 1.40 bits per heavy atom. The van der Waals surface area contributed by atoms with Crippen LogP contribution in [0.25, 0.3) is 0 Å². The number of likely N-dealkylation sites (tertiary alicyclic amines) is 1. The summed E-state index contributed by atoms with van der Waals surface area (Å²) >= 11 is 0. The van der Waals surface area contributed by atoms with Crippen molar-refractivity contribution in [2.75, 3.05) is 20.7 Å². The van der Waals surface area contributed by atoms with Crippen LogP contribution in [0, 0.1) is 0 Å². The minimum Gasteiger partial charge on any atom is -0.493 e. The highest BCUT2D eigenvalue weighted by molar-refractivity contribution is 5.81. The van der Waals surface area contributed by atoms with Crippen molar-refractivity contribution in [2.24, 2.45) is 0 Å². The molecule has 0 saturated carbocycles. The topological polar surface area (TPSA) is 38.8 Å². The summed E-state index contributed by atoms with van der Waals surface area (Å²) in [4.78, 5) is 13.5. The number of aldehydes is 1. The van der Waals surface area contributed by atoms with Crippen LogP contribution in [-0.4, -0.2) is 44.0 Å². The Labute approximate surface area is 120 Å². The largest absolute Gasteiger partial charge is 0.493 e. The van der Waals surface area contributed by atoms with Gasteiger partial charge in [0.2, 0.25) is 0 Å². The lowest BCUT2D eigenvalue weighted by Gasteiger charge is -2.36. The Bertz CT molecular complexity index is 461. The minimum atomic E-state index is 0.0234. The van der Waals surface area contributed by atoms with Crippen LogP contribution in [0.4, 0.5) is 0 Å². The van der Waals surface area contributed by atoms with Crippen LogP contribution < -0.4 is 9.47 Å². The van der Waals surface area contributed by atoms with E-state index in [1.807, 2.05) is 6.07 Å². The van der Waals surface area contributed by atoms with Gasteiger partial charge in [0.15, 0.2) is 17.8 Å². The number of likely N-dealkylation sites (N-methyl/N-ethyl adjacent to an activating group) is 1. The predicted octanol–water partition coefficient (Wildman–Crippen LogP) is 2.76. The maximum absolute atomic E-state index is 11.2. The Hall–Kier alpha value is -1.55. The van der Waals surface area contributed by atoms with E-state index in [9.17, 15) is 4.79 Å². The third-order valence-electron chi connectivity index (χ3n) is 4.03. The second kappa shape index (κ2) is 6.75. The van der Waals surface area contributed by atoms with Crippen molar-refractivity contribution in [3.05, 3.63) is 23.8 Å². The molecule has 20 heavy (non-hydrogen) atoms. The molecule has 0 aromatic heterocycles. The summed E-state index contributed by atoms with van der Waals surface area (Å²) in [6.07, 6.45) is 4.44. The van der Waals surface area contributed by atoms with Crippen molar-refractivity contribution in [1.82, 2.24) is 4.90 Å². The van der Waals surface area contributed by atoms with E-state index in [-0.39, 0.29) is 6.10 Å². The third-order valence-corrected chi connectivity index (χ3v) is 4.03. The van der Waals surface area contributed by atoms with Gasteiger partial charge in [-0.25, -0.2) is 0 Å². The van der Waals surface area contributed by atoms with E-state index in [2.05, 4.69) is 18.9 Å². The molecule has 0 amide bonds. The molecule has 0 N–H and O–H groups in total. The lowest BCUT2D eigenvalue weighted by molar-refractivity contribution is 0.0660. The lowest BCUT2D eigenvalue weighted by atomic mass is 9.99. The molecule has 1 aliphatic rings. The Morgan fingerprint density at radius 3 is 2.85 bits per heavy atom.